The summed E-state index contributed by atoms with van der Waals surface area (Å²) < 4.78 is 19.3. The molecule has 3 heterocycles. The highest BCUT2D eigenvalue weighted by atomic mass is 19.1. The molecule has 0 radical (unpaired) electrons. The molecule has 5 nitrogen and oxygen atoms in total. The molecule has 1 aromatic carbocycles. The molecule has 0 amide bonds. The van der Waals surface area contributed by atoms with Crippen molar-refractivity contribution in [2.45, 2.75) is 12.8 Å². The minimum Gasteiger partial charge on any atom is -0.492 e. The van der Waals surface area contributed by atoms with Crippen molar-refractivity contribution < 1.29 is 9.13 Å². The number of rotatable bonds is 5. The number of benzene rings is 1. The Balaban J connectivity index is 1.66. The Labute approximate surface area is 169 Å². The van der Waals surface area contributed by atoms with E-state index in [1.165, 1.54) is 12.3 Å². The second-order valence-electron chi connectivity index (χ2n) is 7.13. The minimum absolute atomic E-state index is 0.532. The molecular formula is C23H21FN4O. The fourth-order valence-corrected chi connectivity index (χ4v) is 3.48. The number of hydrogen-bond acceptors (Lipinski definition) is 5. The predicted molar refractivity (Wildman–Crippen MR) is 109 cm³/mol. The van der Waals surface area contributed by atoms with E-state index in [2.05, 4.69) is 21.4 Å². The Bertz CT molecular complexity index is 1010. The summed E-state index contributed by atoms with van der Waals surface area (Å²) in [6, 6.07) is 14.4. The highest BCUT2D eigenvalue weighted by Crippen LogP contribution is 2.33. The summed E-state index contributed by atoms with van der Waals surface area (Å²) in [7, 11) is 0. The molecule has 2 aromatic heterocycles. The van der Waals surface area contributed by atoms with Crippen LogP contribution in [0.3, 0.4) is 0 Å². The second-order valence-corrected chi connectivity index (χ2v) is 7.13. The Hall–Kier alpha value is -3.30. The van der Waals surface area contributed by atoms with Gasteiger partial charge in [0.15, 0.2) is 0 Å². The van der Waals surface area contributed by atoms with Gasteiger partial charge in [-0.15, -0.1) is 0 Å². The summed E-state index contributed by atoms with van der Waals surface area (Å²) in [6.07, 6.45) is 5.39. The summed E-state index contributed by atoms with van der Waals surface area (Å²) in [6.45, 7) is 2.71. The maximum Gasteiger partial charge on any atom is 0.212 e. The largest absolute Gasteiger partial charge is 0.492 e. The van der Waals surface area contributed by atoms with E-state index in [1.54, 1.807) is 24.4 Å². The monoisotopic (exact) mass is 388 g/mol. The third-order valence-corrected chi connectivity index (χ3v) is 5.13. The van der Waals surface area contributed by atoms with Crippen LogP contribution in [0.25, 0.3) is 22.4 Å². The van der Waals surface area contributed by atoms with Crippen LogP contribution in [0.15, 0.2) is 54.9 Å². The Morgan fingerprint density at radius 1 is 1.03 bits per heavy atom. The molecule has 1 saturated heterocycles. The van der Waals surface area contributed by atoms with Crippen molar-refractivity contribution in [3.05, 3.63) is 66.4 Å². The third-order valence-electron chi connectivity index (χ3n) is 5.13. The molecule has 1 aliphatic heterocycles. The summed E-state index contributed by atoms with van der Waals surface area (Å²) in [5, 5.41) is 12.4. The molecule has 0 aliphatic carbocycles. The van der Waals surface area contributed by atoms with Gasteiger partial charge in [0, 0.05) is 17.3 Å². The second kappa shape index (κ2) is 8.80. The molecule has 0 spiro atoms. The molecule has 0 bridgehead atoms. The van der Waals surface area contributed by atoms with Crippen LogP contribution in [-0.2, 0) is 0 Å². The SMILES string of the molecule is N#Cc1ccc(-c2cc(OCC3CCNCC3)cnc2-c2ccc(F)nc2)cc1. The maximum atomic E-state index is 13.3. The fourth-order valence-electron chi connectivity index (χ4n) is 3.48. The molecule has 3 aromatic rings. The molecule has 146 valence electrons. The lowest BCUT2D eigenvalue weighted by Gasteiger charge is -2.22. The topological polar surface area (TPSA) is 70.8 Å². The Morgan fingerprint density at radius 2 is 1.79 bits per heavy atom. The van der Waals surface area contributed by atoms with E-state index in [4.69, 9.17) is 10.00 Å². The zero-order valence-electron chi connectivity index (χ0n) is 15.9. The summed E-state index contributed by atoms with van der Waals surface area (Å²) in [5.74, 6) is 0.702. The summed E-state index contributed by atoms with van der Waals surface area (Å²) in [5.41, 5.74) is 3.76. The third kappa shape index (κ3) is 4.58. The number of halogens is 1. The van der Waals surface area contributed by atoms with E-state index in [-0.39, 0.29) is 0 Å². The van der Waals surface area contributed by atoms with Crippen LogP contribution in [0.5, 0.6) is 5.75 Å². The van der Waals surface area contributed by atoms with Gasteiger partial charge in [0.1, 0.15) is 5.75 Å². The average Bonchev–Trinajstić information content (AvgIpc) is 2.79. The van der Waals surface area contributed by atoms with Crippen LogP contribution < -0.4 is 10.1 Å². The van der Waals surface area contributed by atoms with Gasteiger partial charge < -0.3 is 10.1 Å². The number of nitrogens with zero attached hydrogens (tertiary/aromatic N) is 3. The van der Waals surface area contributed by atoms with Gasteiger partial charge in [-0.25, -0.2) is 4.98 Å². The molecule has 4 rings (SSSR count). The van der Waals surface area contributed by atoms with E-state index in [9.17, 15) is 4.39 Å². The molecular weight excluding hydrogens is 367 g/mol. The van der Waals surface area contributed by atoms with Gasteiger partial charge in [-0.2, -0.15) is 9.65 Å². The lowest BCUT2D eigenvalue weighted by Crippen LogP contribution is -2.30. The minimum atomic E-state index is -0.532. The first-order valence-corrected chi connectivity index (χ1v) is 9.69. The van der Waals surface area contributed by atoms with Gasteiger partial charge in [0.25, 0.3) is 0 Å². The van der Waals surface area contributed by atoms with E-state index in [0.29, 0.717) is 29.5 Å². The van der Waals surface area contributed by atoms with Crippen molar-refractivity contribution in [2.75, 3.05) is 19.7 Å². The standard InChI is InChI=1S/C23H21FN4O/c24-22-6-5-19(13-27-22)23-21(18-3-1-16(12-25)2-4-18)11-20(14-28-23)29-15-17-7-9-26-10-8-17/h1-6,11,13-14,17,26H,7-10,15H2. The van der Waals surface area contributed by atoms with Crippen LogP contribution in [-0.4, -0.2) is 29.7 Å². The highest BCUT2D eigenvalue weighted by Gasteiger charge is 2.16. The average molecular weight is 388 g/mol. The van der Waals surface area contributed by atoms with Crippen LogP contribution in [0, 0.1) is 23.2 Å². The quantitative estimate of drug-likeness (QED) is 0.664. The number of pyridine rings is 2. The van der Waals surface area contributed by atoms with Gasteiger partial charge in [0.2, 0.25) is 5.95 Å². The zero-order valence-corrected chi connectivity index (χ0v) is 15.9. The number of piperidine rings is 1. The van der Waals surface area contributed by atoms with Crippen molar-refractivity contribution in [1.29, 1.82) is 5.26 Å². The molecule has 0 atom stereocenters. The zero-order chi connectivity index (χ0) is 20.1. The maximum absolute atomic E-state index is 13.3. The van der Waals surface area contributed by atoms with Crippen LogP contribution in [0.2, 0.25) is 0 Å². The number of aromatic nitrogens is 2. The van der Waals surface area contributed by atoms with E-state index >= 15 is 0 Å². The van der Waals surface area contributed by atoms with E-state index in [1.807, 2.05) is 18.2 Å². The van der Waals surface area contributed by atoms with E-state index in [0.717, 1.165) is 42.6 Å². The van der Waals surface area contributed by atoms with Crippen molar-refractivity contribution in [3.8, 4) is 34.2 Å². The fraction of sp³-hybridized carbons (Fsp3) is 0.261. The van der Waals surface area contributed by atoms with Crippen LogP contribution in [0.4, 0.5) is 4.39 Å². The van der Waals surface area contributed by atoms with Crippen molar-refractivity contribution in [3.63, 3.8) is 0 Å². The van der Waals surface area contributed by atoms with E-state index < -0.39 is 5.95 Å². The van der Waals surface area contributed by atoms with Gasteiger partial charge in [-0.05, 0) is 67.7 Å². The van der Waals surface area contributed by atoms with Crippen LogP contribution >= 0.6 is 0 Å². The molecule has 6 heteroatoms. The van der Waals surface area contributed by atoms with Gasteiger partial charge in [-0.1, -0.05) is 12.1 Å². The lowest BCUT2D eigenvalue weighted by molar-refractivity contribution is 0.215. The summed E-state index contributed by atoms with van der Waals surface area (Å²) in [4.78, 5) is 8.35. The Kier molecular flexibility index (Phi) is 5.78. The molecule has 0 unspecified atom stereocenters. The van der Waals surface area contributed by atoms with Gasteiger partial charge in [-0.3, -0.25) is 4.98 Å². The van der Waals surface area contributed by atoms with Crippen molar-refractivity contribution in [1.82, 2.24) is 15.3 Å². The van der Waals surface area contributed by atoms with Gasteiger partial charge in [0.05, 0.1) is 30.1 Å². The first-order valence-electron chi connectivity index (χ1n) is 9.69. The molecule has 29 heavy (non-hydrogen) atoms. The summed E-state index contributed by atoms with van der Waals surface area (Å²) >= 11 is 0. The first-order chi connectivity index (χ1) is 14.2. The van der Waals surface area contributed by atoms with Crippen molar-refractivity contribution >= 4 is 0 Å². The number of ether oxygens (including phenoxy) is 1. The lowest BCUT2D eigenvalue weighted by atomic mass is 9.98. The number of nitriles is 1. The smallest absolute Gasteiger partial charge is 0.212 e. The highest BCUT2D eigenvalue weighted by molar-refractivity contribution is 5.81. The Morgan fingerprint density at radius 3 is 2.48 bits per heavy atom. The van der Waals surface area contributed by atoms with Crippen LogP contribution in [0.1, 0.15) is 18.4 Å². The molecule has 1 fully saturated rings. The van der Waals surface area contributed by atoms with Crippen molar-refractivity contribution in [2.24, 2.45) is 5.92 Å². The first kappa shape index (κ1) is 19.0. The number of hydrogen-bond donors (Lipinski definition) is 1. The normalized spacial score (nSPS) is 14.3. The van der Waals surface area contributed by atoms with Gasteiger partial charge >= 0.3 is 0 Å². The number of nitrogens with one attached hydrogen (secondary N) is 1. The molecule has 1 N–H and O–H groups in total. The molecule has 0 saturated carbocycles. The molecule has 1 aliphatic rings. The predicted octanol–water partition coefficient (Wildman–Crippen LogP) is 4.20.